The van der Waals surface area contributed by atoms with Crippen LogP contribution in [-0.2, 0) is 11.8 Å². The molecule has 138 valence electrons. The van der Waals surface area contributed by atoms with Gasteiger partial charge in [-0.2, -0.15) is 13.2 Å². The number of imidazole rings is 1. The molecule has 0 unspecified atom stereocenters. The molecule has 0 aliphatic rings. The second kappa shape index (κ2) is 6.35. The second-order valence-electron chi connectivity index (χ2n) is 5.82. The minimum Gasteiger partial charge on any atom is -0.440 e. The number of esters is 1. The van der Waals surface area contributed by atoms with Gasteiger partial charge in [0.1, 0.15) is 15.5 Å². The molecule has 0 saturated heterocycles. The third-order valence-electron chi connectivity index (χ3n) is 3.88. The maximum Gasteiger partial charge on any atom is 0.432 e. The van der Waals surface area contributed by atoms with Crippen LogP contribution in [-0.4, -0.2) is 31.7 Å². The fraction of sp³-hybridized carbons (Fsp3) is 0.375. The average Bonchev–Trinajstić information content (AvgIpc) is 3.07. The molecule has 3 heterocycles. The van der Waals surface area contributed by atoms with Crippen molar-refractivity contribution in [1.29, 1.82) is 0 Å². The van der Waals surface area contributed by atoms with E-state index in [1.54, 1.807) is 20.8 Å². The number of thiophene rings is 1. The molecular formula is C16H15F3N4O2S. The van der Waals surface area contributed by atoms with Gasteiger partial charge in [-0.25, -0.2) is 19.7 Å². The first-order valence-electron chi connectivity index (χ1n) is 7.59. The van der Waals surface area contributed by atoms with Crippen molar-refractivity contribution in [3.63, 3.8) is 0 Å². The monoisotopic (exact) mass is 384 g/mol. The van der Waals surface area contributed by atoms with Crippen molar-refractivity contribution in [3.8, 4) is 0 Å². The summed E-state index contributed by atoms with van der Waals surface area (Å²) in [4.78, 5) is 25.3. The van der Waals surface area contributed by atoms with Crippen LogP contribution in [0.15, 0.2) is 12.4 Å². The zero-order valence-electron chi connectivity index (χ0n) is 14.4. The van der Waals surface area contributed by atoms with Gasteiger partial charge in [-0.1, -0.05) is 0 Å². The van der Waals surface area contributed by atoms with Crippen LogP contribution >= 0.6 is 11.3 Å². The first kappa shape index (κ1) is 18.3. The van der Waals surface area contributed by atoms with Gasteiger partial charge in [-0.15, -0.1) is 11.3 Å². The van der Waals surface area contributed by atoms with Gasteiger partial charge in [-0.05, 0) is 26.3 Å². The topological polar surface area (TPSA) is 69.9 Å². The summed E-state index contributed by atoms with van der Waals surface area (Å²) < 4.78 is 46.2. The van der Waals surface area contributed by atoms with Crippen LogP contribution in [0.4, 0.5) is 13.2 Å². The number of rotatable bonds is 3. The van der Waals surface area contributed by atoms with Crippen molar-refractivity contribution in [2.24, 2.45) is 7.05 Å². The lowest BCUT2D eigenvalue weighted by molar-refractivity contribution is -0.210. The molecule has 26 heavy (non-hydrogen) atoms. The van der Waals surface area contributed by atoms with Crippen LogP contribution < -0.4 is 0 Å². The zero-order chi connectivity index (χ0) is 19.2. The second-order valence-corrected chi connectivity index (χ2v) is 6.81. The summed E-state index contributed by atoms with van der Waals surface area (Å²) in [5.74, 6) is -0.929. The fourth-order valence-electron chi connectivity index (χ4n) is 2.72. The van der Waals surface area contributed by atoms with E-state index in [0.717, 1.165) is 11.3 Å². The van der Waals surface area contributed by atoms with Crippen molar-refractivity contribution in [1.82, 2.24) is 19.5 Å². The summed E-state index contributed by atoms with van der Waals surface area (Å²) in [5, 5.41) is 0.660. The minimum atomic E-state index is -4.79. The van der Waals surface area contributed by atoms with Crippen molar-refractivity contribution >= 4 is 27.5 Å². The van der Waals surface area contributed by atoms with E-state index in [0.29, 0.717) is 27.3 Å². The molecule has 0 radical (unpaired) electrons. The summed E-state index contributed by atoms with van der Waals surface area (Å²) in [6.45, 7) is 5.11. The largest absolute Gasteiger partial charge is 0.440 e. The number of aromatic nitrogens is 4. The highest BCUT2D eigenvalue weighted by molar-refractivity contribution is 7.20. The van der Waals surface area contributed by atoms with Crippen LogP contribution in [0.2, 0.25) is 0 Å². The molecule has 0 spiro atoms. The molecule has 0 bridgehead atoms. The highest BCUT2D eigenvalue weighted by atomic mass is 32.1. The van der Waals surface area contributed by atoms with E-state index in [1.165, 1.54) is 24.0 Å². The molecule has 0 aromatic carbocycles. The predicted octanol–water partition coefficient (Wildman–Crippen LogP) is 3.81. The number of nitrogens with zero attached hydrogens (tertiary/aromatic N) is 4. The van der Waals surface area contributed by atoms with Gasteiger partial charge < -0.3 is 9.30 Å². The molecule has 3 rings (SSSR count). The van der Waals surface area contributed by atoms with Crippen molar-refractivity contribution in [3.05, 3.63) is 40.2 Å². The van der Waals surface area contributed by atoms with Gasteiger partial charge in [0.15, 0.2) is 5.82 Å². The van der Waals surface area contributed by atoms with E-state index in [-0.39, 0.29) is 4.88 Å². The molecular weight excluding hydrogens is 369 g/mol. The van der Waals surface area contributed by atoms with E-state index in [2.05, 4.69) is 15.0 Å². The van der Waals surface area contributed by atoms with Crippen molar-refractivity contribution in [2.75, 3.05) is 0 Å². The normalized spacial score (nSPS) is 13.2. The average molecular weight is 384 g/mol. The molecule has 0 saturated carbocycles. The fourth-order valence-corrected chi connectivity index (χ4v) is 3.89. The summed E-state index contributed by atoms with van der Waals surface area (Å²) in [5.41, 5.74) is 1.17. The molecule has 10 heteroatoms. The van der Waals surface area contributed by atoms with Crippen molar-refractivity contribution < 1.29 is 22.7 Å². The maximum absolute atomic E-state index is 13.4. The lowest BCUT2D eigenvalue weighted by atomic mass is 10.1. The van der Waals surface area contributed by atoms with Crippen LogP contribution in [0, 0.1) is 20.8 Å². The number of hydrogen-bond acceptors (Lipinski definition) is 6. The quantitative estimate of drug-likeness (QED) is 0.642. The number of aryl methyl sites for hydroxylation is 4. The lowest BCUT2D eigenvalue weighted by Crippen LogP contribution is -2.28. The number of halogens is 3. The third kappa shape index (κ3) is 3.16. The Hall–Kier alpha value is -2.49. The van der Waals surface area contributed by atoms with E-state index in [1.807, 2.05) is 0 Å². The lowest BCUT2D eigenvalue weighted by Gasteiger charge is -2.20. The van der Waals surface area contributed by atoms with Gasteiger partial charge in [0.2, 0.25) is 0 Å². The summed E-state index contributed by atoms with van der Waals surface area (Å²) in [7, 11) is 1.40. The Morgan fingerprint density at radius 3 is 2.54 bits per heavy atom. The highest BCUT2D eigenvalue weighted by Gasteiger charge is 2.47. The van der Waals surface area contributed by atoms with Gasteiger partial charge in [0.25, 0.3) is 6.10 Å². The summed E-state index contributed by atoms with van der Waals surface area (Å²) in [6, 6.07) is 0. The van der Waals surface area contributed by atoms with Crippen LogP contribution in [0.25, 0.3) is 10.2 Å². The van der Waals surface area contributed by atoms with Crippen LogP contribution in [0.3, 0.4) is 0 Å². The minimum absolute atomic E-state index is 0.0754. The summed E-state index contributed by atoms with van der Waals surface area (Å²) in [6.07, 6.45) is -4.66. The number of hydrogen-bond donors (Lipinski definition) is 0. The van der Waals surface area contributed by atoms with Crippen LogP contribution in [0.5, 0.6) is 0 Å². The predicted molar refractivity (Wildman–Crippen MR) is 89.0 cm³/mol. The number of alkyl halides is 3. The maximum atomic E-state index is 13.4. The number of ether oxygens (including phenoxy) is 1. The third-order valence-corrected chi connectivity index (χ3v) is 5.05. The first-order chi connectivity index (χ1) is 12.1. The molecule has 3 aromatic heterocycles. The number of carbonyl (C=O) groups is 1. The van der Waals surface area contributed by atoms with E-state index >= 15 is 0 Å². The van der Waals surface area contributed by atoms with Gasteiger partial charge >= 0.3 is 12.1 Å². The van der Waals surface area contributed by atoms with E-state index in [9.17, 15) is 18.0 Å². The number of fused-ring (bicyclic) bond motifs is 1. The van der Waals surface area contributed by atoms with Crippen molar-refractivity contribution in [2.45, 2.75) is 33.1 Å². The van der Waals surface area contributed by atoms with Gasteiger partial charge in [0, 0.05) is 30.5 Å². The molecule has 0 aliphatic heterocycles. The standard InChI is InChI=1S/C16H15F3N4O2S/c1-7-10-8(2)21-9(3)22-14(10)26-11(7)15(24)25-12(16(17,18)19)13-20-5-6-23(13)4/h5-6,12H,1-4H3/t12-/m0/s1. The molecule has 0 fully saturated rings. The molecule has 6 nitrogen and oxygen atoms in total. The molecule has 1 atom stereocenters. The zero-order valence-corrected chi connectivity index (χ0v) is 15.2. The summed E-state index contributed by atoms with van der Waals surface area (Å²) >= 11 is 0.994. The molecule has 3 aromatic rings. The Morgan fingerprint density at radius 2 is 1.96 bits per heavy atom. The molecule has 0 aliphatic carbocycles. The van der Waals surface area contributed by atoms with Crippen LogP contribution in [0.1, 0.15) is 38.7 Å². The van der Waals surface area contributed by atoms with Gasteiger partial charge in [0.05, 0.1) is 0 Å². The SMILES string of the molecule is Cc1nc(C)c2c(C)c(C(=O)O[C@@H](c3nccn3C)C(F)(F)F)sc2n1. The number of carbonyl (C=O) groups excluding carboxylic acids is 1. The molecule has 0 amide bonds. The Morgan fingerprint density at radius 1 is 1.27 bits per heavy atom. The first-order valence-corrected chi connectivity index (χ1v) is 8.40. The van der Waals surface area contributed by atoms with E-state index in [4.69, 9.17) is 4.74 Å². The van der Waals surface area contributed by atoms with Gasteiger partial charge in [-0.3, -0.25) is 0 Å². The smallest absolute Gasteiger partial charge is 0.432 e. The Bertz CT molecular complexity index is 993. The Balaban J connectivity index is 2.01. The highest BCUT2D eigenvalue weighted by Crippen LogP contribution is 2.38. The molecule has 0 N–H and O–H groups in total. The Kier molecular flexibility index (Phi) is 4.47. The van der Waals surface area contributed by atoms with E-state index < -0.39 is 24.1 Å². The Labute approximate surface area is 150 Å².